The van der Waals surface area contributed by atoms with E-state index in [1.807, 2.05) is 20.8 Å². The minimum Gasteiger partial charge on any atom is -0.494 e. The van der Waals surface area contributed by atoms with Crippen LogP contribution < -0.4 is 30.0 Å². The quantitative estimate of drug-likeness (QED) is 0.650. The van der Waals surface area contributed by atoms with Gasteiger partial charge in [0, 0.05) is 17.3 Å². The van der Waals surface area contributed by atoms with Crippen molar-refractivity contribution in [2.24, 2.45) is 0 Å². The average molecular weight is 374 g/mol. The van der Waals surface area contributed by atoms with Crippen molar-refractivity contribution in [3.05, 3.63) is 35.9 Å². The van der Waals surface area contributed by atoms with E-state index in [2.05, 4.69) is 5.32 Å². The molecular weight excluding hydrogens is 348 g/mol. The Kier molecular flexibility index (Phi) is 7.16. The summed E-state index contributed by atoms with van der Waals surface area (Å²) in [6, 6.07) is 8.29. The summed E-state index contributed by atoms with van der Waals surface area (Å²) in [6.45, 7) is 6.92. The van der Waals surface area contributed by atoms with Gasteiger partial charge in [0.05, 0.1) is 32.6 Å². The van der Waals surface area contributed by atoms with Gasteiger partial charge in [-0.15, -0.1) is 0 Å². The minimum atomic E-state index is -0.331. The zero-order valence-electron chi connectivity index (χ0n) is 16.1. The number of amides is 1. The van der Waals surface area contributed by atoms with Crippen molar-refractivity contribution in [2.75, 3.05) is 38.0 Å². The molecule has 0 aliphatic carbocycles. The number of methoxy groups -OCH3 is 1. The van der Waals surface area contributed by atoms with Crippen LogP contribution >= 0.6 is 0 Å². The first-order valence-corrected chi connectivity index (χ1v) is 8.85. The Hall–Kier alpha value is -3.09. The molecule has 0 aliphatic rings. The molecular formula is C20H26N2O5. The molecule has 0 fully saturated rings. The third-order valence-corrected chi connectivity index (χ3v) is 3.65. The molecule has 0 unspecified atom stereocenters. The van der Waals surface area contributed by atoms with Crippen molar-refractivity contribution < 1.29 is 23.7 Å². The highest BCUT2D eigenvalue weighted by atomic mass is 16.5. The lowest BCUT2D eigenvalue weighted by Crippen LogP contribution is -2.14. The van der Waals surface area contributed by atoms with Crippen LogP contribution in [0.5, 0.6) is 23.0 Å². The summed E-state index contributed by atoms with van der Waals surface area (Å²) >= 11 is 0. The highest BCUT2D eigenvalue weighted by molar-refractivity contribution is 6.06. The molecule has 2 rings (SSSR count). The van der Waals surface area contributed by atoms with Crippen LogP contribution in [-0.2, 0) is 0 Å². The number of carbonyl (C=O) groups excluding carboxylic acids is 1. The van der Waals surface area contributed by atoms with Crippen LogP contribution in [0, 0.1) is 0 Å². The second-order valence-corrected chi connectivity index (χ2v) is 5.51. The molecule has 146 valence electrons. The fraction of sp³-hybridized carbons (Fsp3) is 0.350. The van der Waals surface area contributed by atoms with Gasteiger partial charge < -0.3 is 30.0 Å². The van der Waals surface area contributed by atoms with Crippen LogP contribution in [0.15, 0.2) is 30.3 Å². The zero-order chi connectivity index (χ0) is 19.8. The fourth-order valence-electron chi connectivity index (χ4n) is 2.53. The van der Waals surface area contributed by atoms with Gasteiger partial charge in [-0.25, -0.2) is 0 Å². The fourth-order valence-corrected chi connectivity index (χ4v) is 2.53. The molecule has 2 aromatic carbocycles. The van der Waals surface area contributed by atoms with E-state index in [1.165, 1.54) is 7.11 Å². The normalized spacial score (nSPS) is 10.2. The lowest BCUT2D eigenvalue weighted by molar-refractivity contribution is 0.102. The Labute approximate surface area is 159 Å². The van der Waals surface area contributed by atoms with E-state index in [-0.39, 0.29) is 5.91 Å². The molecule has 0 bridgehead atoms. The maximum Gasteiger partial charge on any atom is 0.256 e. The molecule has 0 radical (unpaired) electrons. The average Bonchev–Trinajstić information content (AvgIpc) is 2.65. The highest BCUT2D eigenvalue weighted by Crippen LogP contribution is 2.39. The SMILES string of the molecule is CCOc1cc(C(=O)Nc2ccc(N)cc2OC)cc(OCC)c1OCC. The van der Waals surface area contributed by atoms with Crippen molar-refractivity contribution in [3.63, 3.8) is 0 Å². The number of carbonyl (C=O) groups is 1. The Morgan fingerprint density at radius 1 is 0.926 bits per heavy atom. The molecule has 7 nitrogen and oxygen atoms in total. The summed E-state index contributed by atoms with van der Waals surface area (Å²) in [5.41, 5.74) is 7.20. The number of rotatable bonds is 9. The van der Waals surface area contributed by atoms with Crippen LogP contribution in [0.2, 0.25) is 0 Å². The third kappa shape index (κ3) is 4.97. The molecule has 27 heavy (non-hydrogen) atoms. The zero-order valence-corrected chi connectivity index (χ0v) is 16.1. The second-order valence-electron chi connectivity index (χ2n) is 5.51. The number of nitrogens with one attached hydrogen (secondary N) is 1. The molecule has 0 heterocycles. The van der Waals surface area contributed by atoms with E-state index in [1.54, 1.807) is 30.3 Å². The largest absolute Gasteiger partial charge is 0.494 e. The standard InChI is InChI=1S/C20H26N2O5/c1-5-25-17-10-13(11-18(26-6-2)19(17)27-7-3)20(23)22-15-9-8-14(21)12-16(15)24-4/h8-12H,5-7,21H2,1-4H3,(H,22,23). The number of nitrogens with two attached hydrogens (primary N) is 1. The molecule has 0 saturated heterocycles. The van der Waals surface area contributed by atoms with Gasteiger partial charge in [-0.05, 0) is 45.0 Å². The van der Waals surface area contributed by atoms with Crippen molar-refractivity contribution in [1.29, 1.82) is 0 Å². The second kappa shape index (κ2) is 9.56. The maximum atomic E-state index is 12.8. The predicted octanol–water partition coefficient (Wildman–Crippen LogP) is 3.73. The molecule has 0 aromatic heterocycles. The number of anilines is 2. The Balaban J connectivity index is 2.40. The summed E-state index contributed by atoms with van der Waals surface area (Å²) in [5, 5.41) is 2.82. The summed E-state index contributed by atoms with van der Waals surface area (Å²) in [7, 11) is 1.52. The first-order valence-electron chi connectivity index (χ1n) is 8.85. The van der Waals surface area contributed by atoms with Crippen LogP contribution in [0.1, 0.15) is 31.1 Å². The van der Waals surface area contributed by atoms with E-state index in [0.717, 1.165) is 0 Å². The van der Waals surface area contributed by atoms with Gasteiger partial charge in [0.25, 0.3) is 5.91 Å². The monoisotopic (exact) mass is 374 g/mol. The first-order chi connectivity index (χ1) is 13.0. The maximum absolute atomic E-state index is 12.8. The summed E-state index contributed by atoms with van der Waals surface area (Å²) in [6.07, 6.45) is 0. The van der Waals surface area contributed by atoms with Gasteiger partial charge in [-0.2, -0.15) is 0 Å². The molecule has 0 saturated carbocycles. The third-order valence-electron chi connectivity index (χ3n) is 3.65. The van der Waals surface area contributed by atoms with Gasteiger partial charge in [0.15, 0.2) is 11.5 Å². The van der Waals surface area contributed by atoms with Gasteiger partial charge in [-0.1, -0.05) is 0 Å². The lowest BCUT2D eigenvalue weighted by Gasteiger charge is -2.17. The van der Waals surface area contributed by atoms with Gasteiger partial charge in [0.2, 0.25) is 5.75 Å². The highest BCUT2D eigenvalue weighted by Gasteiger charge is 2.19. The van der Waals surface area contributed by atoms with Gasteiger partial charge in [0.1, 0.15) is 5.75 Å². The molecule has 7 heteroatoms. The molecule has 0 atom stereocenters. The van der Waals surface area contributed by atoms with Crippen LogP contribution in [0.25, 0.3) is 0 Å². The van der Waals surface area contributed by atoms with Crippen molar-refractivity contribution >= 4 is 17.3 Å². The number of hydrogen-bond donors (Lipinski definition) is 2. The lowest BCUT2D eigenvalue weighted by atomic mass is 10.1. The summed E-state index contributed by atoms with van der Waals surface area (Å²) in [4.78, 5) is 12.8. The van der Waals surface area contributed by atoms with Crippen LogP contribution in [0.3, 0.4) is 0 Å². The van der Waals surface area contributed by atoms with Gasteiger partial charge >= 0.3 is 0 Å². The smallest absolute Gasteiger partial charge is 0.256 e. The number of ether oxygens (including phenoxy) is 4. The molecule has 2 aromatic rings. The number of benzene rings is 2. The number of nitrogen functional groups attached to an aromatic ring is 1. The van der Waals surface area contributed by atoms with E-state index in [9.17, 15) is 4.79 Å². The summed E-state index contributed by atoms with van der Waals surface area (Å²) in [5.74, 6) is 1.55. The van der Waals surface area contributed by atoms with E-state index >= 15 is 0 Å². The van der Waals surface area contributed by atoms with Gasteiger partial charge in [-0.3, -0.25) is 4.79 Å². The molecule has 0 aliphatic heterocycles. The van der Waals surface area contributed by atoms with Crippen molar-refractivity contribution in [3.8, 4) is 23.0 Å². The Morgan fingerprint density at radius 2 is 1.52 bits per heavy atom. The number of hydrogen-bond acceptors (Lipinski definition) is 6. The Bertz CT molecular complexity index is 765. The van der Waals surface area contributed by atoms with Crippen LogP contribution in [0.4, 0.5) is 11.4 Å². The van der Waals surface area contributed by atoms with Crippen molar-refractivity contribution in [1.82, 2.24) is 0 Å². The van der Waals surface area contributed by atoms with Crippen LogP contribution in [-0.4, -0.2) is 32.8 Å². The predicted molar refractivity (Wildman–Crippen MR) is 105 cm³/mol. The topological polar surface area (TPSA) is 92.0 Å². The van der Waals surface area contributed by atoms with E-state index in [4.69, 9.17) is 24.7 Å². The minimum absolute atomic E-state index is 0.331. The Morgan fingerprint density at radius 3 is 2.04 bits per heavy atom. The molecule has 1 amide bonds. The first kappa shape index (κ1) is 20.2. The summed E-state index contributed by atoms with van der Waals surface area (Å²) < 4.78 is 22.2. The van der Waals surface area contributed by atoms with E-state index in [0.29, 0.717) is 59.8 Å². The molecule has 3 N–H and O–H groups in total. The van der Waals surface area contributed by atoms with E-state index < -0.39 is 0 Å². The van der Waals surface area contributed by atoms with Crippen molar-refractivity contribution in [2.45, 2.75) is 20.8 Å². The molecule has 0 spiro atoms.